The standard InChI is InChI=1S/C21H26O6/c1-26-19-8-12(3-4-17(19)24)21-15(5-6-22)14(11-23)7-13-9-20(27-2)18(25)10-16(13)21/h3-4,8-10,14-15,21-25H,5-7,11H2,1-2H3. The molecule has 0 fully saturated rings. The van der Waals surface area contributed by atoms with Crippen LogP contribution in [0.2, 0.25) is 0 Å². The van der Waals surface area contributed by atoms with Crippen LogP contribution in [0.3, 0.4) is 0 Å². The maximum Gasteiger partial charge on any atom is 0.160 e. The summed E-state index contributed by atoms with van der Waals surface area (Å²) in [4.78, 5) is 0. The summed E-state index contributed by atoms with van der Waals surface area (Å²) in [6, 6.07) is 8.69. The van der Waals surface area contributed by atoms with E-state index in [1.807, 2.05) is 12.1 Å². The fourth-order valence-corrected chi connectivity index (χ4v) is 4.26. The largest absolute Gasteiger partial charge is 0.504 e. The first-order valence-electron chi connectivity index (χ1n) is 9.02. The maximum absolute atomic E-state index is 10.3. The second-order valence-corrected chi connectivity index (χ2v) is 6.95. The summed E-state index contributed by atoms with van der Waals surface area (Å²) in [5, 5.41) is 39.9. The molecule has 6 nitrogen and oxygen atoms in total. The van der Waals surface area contributed by atoms with Gasteiger partial charge in [0.1, 0.15) is 0 Å². The van der Waals surface area contributed by atoms with Crippen LogP contribution >= 0.6 is 0 Å². The van der Waals surface area contributed by atoms with Gasteiger partial charge in [-0.3, -0.25) is 0 Å². The third-order valence-corrected chi connectivity index (χ3v) is 5.55. The number of phenols is 2. The monoisotopic (exact) mass is 374 g/mol. The summed E-state index contributed by atoms with van der Waals surface area (Å²) in [5.41, 5.74) is 2.83. The van der Waals surface area contributed by atoms with Gasteiger partial charge in [0.15, 0.2) is 23.0 Å². The molecule has 1 aliphatic carbocycles. The van der Waals surface area contributed by atoms with Crippen molar-refractivity contribution in [3.8, 4) is 23.0 Å². The zero-order chi connectivity index (χ0) is 19.6. The van der Waals surface area contributed by atoms with Crippen LogP contribution < -0.4 is 9.47 Å². The van der Waals surface area contributed by atoms with Crippen LogP contribution in [0.25, 0.3) is 0 Å². The highest BCUT2D eigenvalue weighted by molar-refractivity contribution is 5.53. The summed E-state index contributed by atoms with van der Waals surface area (Å²) in [7, 11) is 3.00. The molecule has 0 amide bonds. The lowest BCUT2D eigenvalue weighted by atomic mass is 9.65. The van der Waals surface area contributed by atoms with E-state index in [-0.39, 0.29) is 42.5 Å². The summed E-state index contributed by atoms with van der Waals surface area (Å²) >= 11 is 0. The highest BCUT2D eigenvalue weighted by Crippen LogP contribution is 2.48. The lowest BCUT2D eigenvalue weighted by Crippen LogP contribution is -2.33. The van der Waals surface area contributed by atoms with Gasteiger partial charge in [0.2, 0.25) is 0 Å². The minimum Gasteiger partial charge on any atom is -0.504 e. The van der Waals surface area contributed by atoms with Crippen molar-refractivity contribution in [3.63, 3.8) is 0 Å². The highest BCUT2D eigenvalue weighted by atomic mass is 16.5. The molecule has 27 heavy (non-hydrogen) atoms. The van der Waals surface area contributed by atoms with Crippen LogP contribution in [-0.2, 0) is 6.42 Å². The van der Waals surface area contributed by atoms with Crippen molar-refractivity contribution in [1.29, 1.82) is 0 Å². The number of methoxy groups -OCH3 is 2. The van der Waals surface area contributed by atoms with Crippen molar-refractivity contribution < 1.29 is 29.9 Å². The van der Waals surface area contributed by atoms with Gasteiger partial charge in [-0.1, -0.05) is 6.07 Å². The summed E-state index contributed by atoms with van der Waals surface area (Å²) in [5.74, 6) is 0.640. The average Bonchev–Trinajstić information content (AvgIpc) is 2.68. The number of rotatable bonds is 6. The summed E-state index contributed by atoms with van der Waals surface area (Å²) in [6.45, 7) is 0.00335. The van der Waals surface area contributed by atoms with E-state index < -0.39 is 0 Å². The van der Waals surface area contributed by atoms with Crippen LogP contribution in [0.4, 0.5) is 0 Å². The second-order valence-electron chi connectivity index (χ2n) is 6.95. The smallest absolute Gasteiger partial charge is 0.160 e. The zero-order valence-electron chi connectivity index (χ0n) is 15.6. The summed E-state index contributed by atoms with van der Waals surface area (Å²) in [6.07, 6.45) is 1.16. The molecule has 3 atom stereocenters. The first kappa shape index (κ1) is 19.3. The first-order chi connectivity index (χ1) is 13.0. The Labute approximate surface area is 158 Å². The van der Waals surface area contributed by atoms with Crippen LogP contribution in [0.15, 0.2) is 30.3 Å². The van der Waals surface area contributed by atoms with Gasteiger partial charge in [0.25, 0.3) is 0 Å². The van der Waals surface area contributed by atoms with Crippen LogP contribution in [0.1, 0.15) is 29.0 Å². The molecule has 146 valence electrons. The quantitative estimate of drug-likeness (QED) is 0.620. The molecule has 2 aromatic rings. The molecule has 1 aliphatic rings. The fourth-order valence-electron chi connectivity index (χ4n) is 4.26. The van der Waals surface area contributed by atoms with Gasteiger partial charge in [0.05, 0.1) is 14.2 Å². The van der Waals surface area contributed by atoms with Crippen molar-refractivity contribution in [1.82, 2.24) is 0 Å². The molecule has 0 spiro atoms. The predicted octanol–water partition coefficient (Wildman–Crippen LogP) is 2.41. The van der Waals surface area contributed by atoms with E-state index in [0.717, 1.165) is 16.7 Å². The Kier molecular flexibility index (Phi) is 5.77. The number of hydrogen-bond donors (Lipinski definition) is 4. The Morgan fingerprint density at radius 3 is 2.30 bits per heavy atom. The Morgan fingerprint density at radius 2 is 1.67 bits per heavy atom. The van der Waals surface area contributed by atoms with E-state index in [4.69, 9.17) is 9.47 Å². The van der Waals surface area contributed by atoms with Crippen LogP contribution in [0.5, 0.6) is 23.0 Å². The molecular formula is C21H26O6. The van der Waals surface area contributed by atoms with Gasteiger partial charge in [-0.05, 0) is 65.6 Å². The SMILES string of the molecule is COc1cc(C2c3cc(O)c(OC)cc3CC(CO)C2CCO)ccc1O. The van der Waals surface area contributed by atoms with Crippen LogP contribution in [0, 0.1) is 11.8 Å². The Bertz CT molecular complexity index is 803. The maximum atomic E-state index is 10.3. The Balaban J connectivity index is 2.19. The molecule has 2 aromatic carbocycles. The van der Waals surface area contributed by atoms with Gasteiger partial charge in [-0.15, -0.1) is 0 Å². The molecular weight excluding hydrogens is 348 g/mol. The van der Waals surface area contributed by atoms with E-state index in [2.05, 4.69) is 0 Å². The molecule has 0 heterocycles. The molecule has 3 unspecified atom stereocenters. The normalized spacial score (nSPS) is 21.6. The van der Waals surface area contributed by atoms with Crippen molar-refractivity contribution in [2.45, 2.75) is 18.8 Å². The van der Waals surface area contributed by atoms with Gasteiger partial charge in [0, 0.05) is 19.1 Å². The third kappa shape index (κ3) is 3.55. The van der Waals surface area contributed by atoms with Crippen molar-refractivity contribution in [2.24, 2.45) is 11.8 Å². The number of aromatic hydroxyl groups is 2. The van der Waals surface area contributed by atoms with E-state index in [1.54, 1.807) is 18.2 Å². The third-order valence-electron chi connectivity index (χ3n) is 5.55. The zero-order valence-corrected chi connectivity index (χ0v) is 15.6. The number of aliphatic hydroxyl groups excluding tert-OH is 2. The van der Waals surface area contributed by atoms with Crippen LogP contribution in [-0.4, -0.2) is 47.9 Å². The number of fused-ring (bicyclic) bond motifs is 1. The van der Waals surface area contributed by atoms with E-state index in [9.17, 15) is 20.4 Å². The molecule has 0 aromatic heterocycles. The lowest BCUT2D eigenvalue weighted by molar-refractivity contribution is 0.129. The van der Waals surface area contributed by atoms with Crippen molar-refractivity contribution in [3.05, 3.63) is 47.0 Å². The molecule has 0 aliphatic heterocycles. The molecule has 0 saturated heterocycles. The fraction of sp³-hybridized carbons (Fsp3) is 0.429. The van der Waals surface area contributed by atoms with E-state index in [0.29, 0.717) is 24.3 Å². The predicted molar refractivity (Wildman–Crippen MR) is 101 cm³/mol. The van der Waals surface area contributed by atoms with Gasteiger partial charge in [-0.25, -0.2) is 0 Å². The number of ether oxygens (including phenoxy) is 2. The van der Waals surface area contributed by atoms with Crippen molar-refractivity contribution >= 4 is 0 Å². The topological polar surface area (TPSA) is 99.4 Å². The van der Waals surface area contributed by atoms with Crippen molar-refractivity contribution in [2.75, 3.05) is 27.4 Å². The lowest BCUT2D eigenvalue weighted by Gasteiger charge is -2.39. The Hall–Kier alpha value is -2.44. The number of phenolic OH excluding ortho intramolecular Hbond substituents is 2. The molecule has 4 N–H and O–H groups in total. The van der Waals surface area contributed by atoms with E-state index >= 15 is 0 Å². The molecule has 3 rings (SSSR count). The number of benzene rings is 2. The molecule has 6 heteroatoms. The number of aliphatic hydroxyl groups is 2. The average molecular weight is 374 g/mol. The molecule has 0 saturated carbocycles. The van der Waals surface area contributed by atoms with Gasteiger partial charge >= 0.3 is 0 Å². The second kappa shape index (κ2) is 8.06. The highest BCUT2D eigenvalue weighted by Gasteiger charge is 2.38. The minimum absolute atomic E-state index is 0.000975. The minimum atomic E-state index is -0.163. The van der Waals surface area contributed by atoms with Gasteiger partial charge in [-0.2, -0.15) is 0 Å². The van der Waals surface area contributed by atoms with Gasteiger partial charge < -0.3 is 29.9 Å². The Morgan fingerprint density at radius 1 is 0.963 bits per heavy atom. The summed E-state index contributed by atoms with van der Waals surface area (Å²) < 4.78 is 10.5. The number of hydrogen-bond acceptors (Lipinski definition) is 6. The molecule has 0 bridgehead atoms. The first-order valence-corrected chi connectivity index (χ1v) is 9.02. The molecule has 0 radical (unpaired) electrons. The van der Waals surface area contributed by atoms with E-state index in [1.165, 1.54) is 14.2 Å².